The van der Waals surface area contributed by atoms with Crippen LogP contribution < -0.4 is 0 Å². The molecular weight excluding hydrogens is 216 g/mol. The molecule has 0 aliphatic rings. The Balaban J connectivity index is 1.88. The van der Waals surface area contributed by atoms with Gasteiger partial charge in [-0.1, -0.05) is 24.3 Å². The molecule has 0 radical (unpaired) electrons. The maximum absolute atomic E-state index is 11.8. The van der Waals surface area contributed by atoms with Crippen LogP contribution in [-0.4, -0.2) is 12.4 Å². The fourth-order valence-corrected chi connectivity index (χ4v) is 1.60. The topological polar surface area (TPSA) is 39.4 Å². The number of Topliss-reactive ketones (excluding diaryl/α,β-unsaturated/α-hetero) is 1. The largest absolute Gasteiger partial charge is 0.467 e. The predicted octanol–water partition coefficient (Wildman–Crippen LogP) is 2.99. The molecule has 0 N–H and O–H groups in total. The number of carbonyl (C=O) groups excluding carboxylic acids is 1. The number of ether oxygens (including phenoxy) is 1. The summed E-state index contributed by atoms with van der Waals surface area (Å²) in [6.07, 6.45) is 1.59. The maximum atomic E-state index is 11.8. The van der Waals surface area contributed by atoms with Gasteiger partial charge in [0, 0.05) is 5.56 Å². The number of benzene rings is 1. The highest BCUT2D eigenvalue weighted by molar-refractivity contribution is 5.98. The van der Waals surface area contributed by atoms with Crippen LogP contribution in [0.4, 0.5) is 0 Å². The highest BCUT2D eigenvalue weighted by Crippen LogP contribution is 2.09. The van der Waals surface area contributed by atoms with E-state index >= 15 is 0 Å². The SMILES string of the molecule is Cc1ccccc1C(=O)COCc1ccco1. The van der Waals surface area contributed by atoms with Crippen molar-refractivity contribution in [3.05, 3.63) is 59.5 Å². The average molecular weight is 230 g/mol. The molecule has 2 aromatic rings. The van der Waals surface area contributed by atoms with Gasteiger partial charge in [-0.05, 0) is 24.6 Å². The van der Waals surface area contributed by atoms with E-state index in [1.807, 2.05) is 37.3 Å². The maximum Gasteiger partial charge on any atom is 0.188 e. The molecule has 3 nitrogen and oxygen atoms in total. The molecule has 2 rings (SSSR count). The number of ketones is 1. The molecule has 0 aliphatic heterocycles. The Morgan fingerprint density at radius 3 is 2.76 bits per heavy atom. The Bertz CT molecular complexity index is 486. The first-order valence-electron chi connectivity index (χ1n) is 5.46. The molecule has 0 saturated heterocycles. The Hall–Kier alpha value is -1.87. The van der Waals surface area contributed by atoms with Gasteiger partial charge in [0.25, 0.3) is 0 Å². The minimum atomic E-state index is -0.00495. The molecule has 0 saturated carbocycles. The summed E-state index contributed by atoms with van der Waals surface area (Å²) in [6.45, 7) is 2.32. The van der Waals surface area contributed by atoms with Crippen LogP contribution in [0.15, 0.2) is 47.1 Å². The molecule has 0 amide bonds. The molecule has 0 atom stereocenters. The molecule has 0 aliphatic carbocycles. The van der Waals surface area contributed by atoms with Gasteiger partial charge in [-0.15, -0.1) is 0 Å². The second-order valence-electron chi connectivity index (χ2n) is 3.81. The zero-order chi connectivity index (χ0) is 12.1. The van der Waals surface area contributed by atoms with Gasteiger partial charge in [0.2, 0.25) is 0 Å². The average Bonchev–Trinajstić information content (AvgIpc) is 2.82. The monoisotopic (exact) mass is 230 g/mol. The Morgan fingerprint density at radius 2 is 2.06 bits per heavy atom. The fraction of sp³-hybridized carbons (Fsp3) is 0.214. The summed E-state index contributed by atoms with van der Waals surface area (Å²) < 4.78 is 10.4. The van der Waals surface area contributed by atoms with E-state index in [4.69, 9.17) is 9.15 Å². The van der Waals surface area contributed by atoms with E-state index in [0.717, 1.165) is 11.3 Å². The second-order valence-corrected chi connectivity index (χ2v) is 3.81. The summed E-state index contributed by atoms with van der Waals surface area (Å²) in [6, 6.07) is 11.1. The van der Waals surface area contributed by atoms with Crippen molar-refractivity contribution in [1.29, 1.82) is 0 Å². The number of aryl methyl sites for hydroxylation is 1. The molecule has 0 fully saturated rings. The third kappa shape index (κ3) is 3.04. The highest BCUT2D eigenvalue weighted by Gasteiger charge is 2.08. The molecule has 17 heavy (non-hydrogen) atoms. The molecule has 0 bridgehead atoms. The summed E-state index contributed by atoms with van der Waals surface area (Å²) in [7, 11) is 0. The lowest BCUT2D eigenvalue weighted by atomic mass is 10.1. The highest BCUT2D eigenvalue weighted by atomic mass is 16.5. The van der Waals surface area contributed by atoms with Crippen molar-refractivity contribution in [2.45, 2.75) is 13.5 Å². The normalized spacial score (nSPS) is 10.4. The second kappa shape index (κ2) is 5.46. The van der Waals surface area contributed by atoms with Gasteiger partial charge in [0.1, 0.15) is 19.0 Å². The zero-order valence-electron chi connectivity index (χ0n) is 9.68. The molecule has 0 unspecified atom stereocenters. The minimum absolute atomic E-state index is 0.00495. The number of carbonyl (C=O) groups is 1. The number of furan rings is 1. The molecular formula is C14H14O3. The van der Waals surface area contributed by atoms with Crippen molar-refractivity contribution < 1.29 is 13.9 Å². The van der Waals surface area contributed by atoms with Gasteiger partial charge < -0.3 is 9.15 Å². The smallest absolute Gasteiger partial charge is 0.188 e. The lowest BCUT2D eigenvalue weighted by molar-refractivity contribution is 0.0690. The molecule has 88 valence electrons. The van der Waals surface area contributed by atoms with Crippen LogP contribution in [0.3, 0.4) is 0 Å². The van der Waals surface area contributed by atoms with Gasteiger partial charge >= 0.3 is 0 Å². The molecule has 1 aromatic heterocycles. The molecule has 1 aromatic carbocycles. The van der Waals surface area contributed by atoms with Gasteiger partial charge in [-0.2, -0.15) is 0 Å². The Morgan fingerprint density at radius 1 is 1.24 bits per heavy atom. The van der Waals surface area contributed by atoms with Crippen LogP contribution >= 0.6 is 0 Å². The number of hydrogen-bond donors (Lipinski definition) is 0. The summed E-state index contributed by atoms with van der Waals surface area (Å²) >= 11 is 0. The zero-order valence-corrected chi connectivity index (χ0v) is 9.68. The van der Waals surface area contributed by atoms with Crippen LogP contribution in [0.25, 0.3) is 0 Å². The third-order valence-electron chi connectivity index (χ3n) is 2.50. The van der Waals surface area contributed by atoms with E-state index < -0.39 is 0 Å². The number of hydrogen-bond acceptors (Lipinski definition) is 3. The van der Waals surface area contributed by atoms with E-state index in [2.05, 4.69) is 0 Å². The minimum Gasteiger partial charge on any atom is -0.467 e. The summed E-state index contributed by atoms with van der Waals surface area (Å²) in [4.78, 5) is 11.8. The first-order chi connectivity index (χ1) is 8.27. The Kier molecular flexibility index (Phi) is 3.73. The van der Waals surface area contributed by atoms with Crippen molar-refractivity contribution in [2.75, 3.05) is 6.61 Å². The lowest BCUT2D eigenvalue weighted by Crippen LogP contribution is -2.10. The third-order valence-corrected chi connectivity index (χ3v) is 2.50. The van der Waals surface area contributed by atoms with Crippen molar-refractivity contribution >= 4 is 5.78 Å². The van der Waals surface area contributed by atoms with Gasteiger partial charge in [-0.25, -0.2) is 0 Å². The molecule has 0 spiro atoms. The van der Waals surface area contributed by atoms with Crippen LogP contribution in [0.1, 0.15) is 21.7 Å². The molecule has 3 heteroatoms. The summed E-state index contributed by atoms with van der Waals surface area (Å²) in [5, 5.41) is 0. The first-order valence-corrected chi connectivity index (χ1v) is 5.46. The first kappa shape index (κ1) is 11.6. The van der Waals surface area contributed by atoms with Crippen LogP contribution in [-0.2, 0) is 11.3 Å². The van der Waals surface area contributed by atoms with E-state index in [9.17, 15) is 4.79 Å². The lowest BCUT2D eigenvalue weighted by Gasteiger charge is -2.04. The Labute approximate surface area is 100 Å². The van der Waals surface area contributed by atoms with E-state index in [0.29, 0.717) is 12.2 Å². The van der Waals surface area contributed by atoms with Crippen LogP contribution in [0.2, 0.25) is 0 Å². The standard InChI is InChI=1S/C14H14O3/c1-11-5-2-3-7-13(11)14(15)10-16-9-12-6-4-8-17-12/h2-8H,9-10H2,1H3. The van der Waals surface area contributed by atoms with Crippen molar-refractivity contribution in [2.24, 2.45) is 0 Å². The van der Waals surface area contributed by atoms with Gasteiger partial charge in [0.15, 0.2) is 5.78 Å². The van der Waals surface area contributed by atoms with E-state index in [1.165, 1.54) is 0 Å². The predicted molar refractivity (Wildman–Crippen MR) is 63.9 cm³/mol. The van der Waals surface area contributed by atoms with Crippen LogP contribution in [0, 0.1) is 6.92 Å². The molecule has 1 heterocycles. The van der Waals surface area contributed by atoms with Crippen molar-refractivity contribution in [3.63, 3.8) is 0 Å². The number of rotatable bonds is 5. The summed E-state index contributed by atoms with van der Waals surface area (Å²) in [5.41, 5.74) is 1.69. The summed E-state index contributed by atoms with van der Waals surface area (Å²) in [5.74, 6) is 0.720. The van der Waals surface area contributed by atoms with Gasteiger partial charge in [-0.3, -0.25) is 4.79 Å². The van der Waals surface area contributed by atoms with Crippen molar-refractivity contribution in [1.82, 2.24) is 0 Å². The van der Waals surface area contributed by atoms with Crippen molar-refractivity contribution in [3.8, 4) is 0 Å². The van der Waals surface area contributed by atoms with E-state index in [-0.39, 0.29) is 12.4 Å². The quantitative estimate of drug-likeness (QED) is 0.741. The fourth-order valence-electron chi connectivity index (χ4n) is 1.60. The van der Waals surface area contributed by atoms with Crippen LogP contribution in [0.5, 0.6) is 0 Å². The van der Waals surface area contributed by atoms with Gasteiger partial charge in [0.05, 0.1) is 6.26 Å². The van der Waals surface area contributed by atoms with E-state index in [1.54, 1.807) is 12.3 Å².